The lowest BCUT2D eigenvalue weighted by molar-refractivity contribution is 0.0524. The zero-order valence-electron chi connectivity index (χ0n) is 13.8. The fraction of sp³-hybridized carbons (Fsp3) is 0.647. The zero-order valence-corrected chi connectivity index (χ0v) is 13.8. The molecule has 1 N–H and O–H groups in total. The molecule has 22 heavy (non-hydrogen) atoms. The largest absolute Gasteiger partial charge is 0.444 e. The summed E-state index contributed by atoms with van der Waals surface area (Å²) in [7, 11) is 1.97. The average Bonchev–Trinajstić information content (AvgIpc) is 3.06. The molecule has 2 aliphatic rings. The quantitative estimate of drug-likeness (QED) is 0.933. The highest BCUT2D eigenvalue weighted by Crippen LogP contribution is 2.51. The van der Waals surface area contributed by atoms with Crippen LogP contribution in [-0.2, 0) is 11.8 Å². The van der Waals surface area contributed by atoms with E-state index in [4.69, 9.17) is 4.74 Å². The van der Waals surface area contributed by atoms with Crippen LogP contribution in [0.2, 0.25) is 0 Å². The van der Waals surface area contributed by atoms with Gasteiger partial charge in [-0.1, -0.05) is 6.08 Å². The number of allylic oxidation sites excluding steroid dienone is 1. The SMILES string of the molecule is Cn1cc2c(n1)C=CCC2[C@@H]1C[C@H]1CNC(=O)OC(C)(C)C. The molecular weight excluding hydrogens is 278 g/mol. The molecule has 5 heteroatoms. The summed E-state index contributed by atoms with van der Waals surface area (Å²) in [6, 6.07) is 0. The number of aryl methyl sites for hydroxylation is 1. The van der Waals surface area contributed by atoms with Gasteiger partial charge in [0.2, 0.25) is 0 Å². The minimum absolute atomic E-state index is 0.316. The van der Waals surface area contributed by atoms with Crippen molar-refractivity contribution < 1.29 is 9.53 Å². The molecular formula is C17H25N3O2. The predicted octanol–water partition coefficient (Wildman–Crippen LogP) is 3.08. The number of aromatic nitrogens is 2. The second kappa shape index (κ2) is 5.45. The summed E-state index contributed by atoms with van der Waals surface area (Å²) in [5.41, 5.74) is 2.02. The van der Waals surface area contributed by atoms with Gasteiger partial charge in [-0.3, -0.25) is 4.68 Å². The number of hydrogen-bond donors (Lipinski definition) is 1. The summed E-state index contributed by atoms with van der Waals surface area (Å²) < 4.78 is 7.17. The lowest BCUT2D eigenvalue weighted by Crippen LogP contribution is -2.33. The van der Waals surface area contributed by atoms with Gasteiger partial charge in [0.05, 0.1) is 5.69 Å². The van der Waals surface area contributed by atoms with Crippen LogP contribution in [-0.4, -0.2) is 28.0 Å². The van der Waals surface area contributed by atoms with Crippen LogP contribution in [0.15, 0.2) is 12.3 Å². The van der Waals surface area contributed by atoms with E-state index < -0.39 is 5.60 Å². The van der Waals surface area contributed by atoms with Crippen LogP contribution in [0.1, 0.15) is 50.8 Å². The average molecular weight is 303 g/mol. The number of nitrogens with one attached hydrogen (secondary N) is 1. The van der Waals surface area contributed by atoms with Gasteiger partial charge in [-0.15, -0.1) is 0 Å². The standard InChI is InChI=1S/C17H25N3O2/c1-17(2,3)22-16(21)18-9-11-8-13(11)12-6-5-7-15-14(12)10-20(4)19-15/h5,7,10-13H,6,8-9H2,1-4H3,(H,18,21)/t11-,12?,13+/m0/s1. The fourth-order valence-corrected chi connectivity index (χ4v) is 3.33. The lowest BCUT2D eigenvalue weighted by Gasteiger charge is -2.20. The lowest BCUT2D eigenvalue weighted by atomic mass is 9.87. The first-order valence-corrected chi connectivity index (χ1v) is 8.00. The number of nitrogens with zero attached hydrogens (tertiary/aromatic N) is 2. The molecule has 5 nitrogen and oxygen atoms in total. The molecule has 1 unspecified atom stereocenters. The van der Waals surface area contributed by atoms with Crippen molar-refractivity contribution in [3.05, 3.63) is 23.5 Å². The highest BCUT2D eigenvalue weighted by molar-refractivity contribution is 5.67. The Morgan fingerprint density at radius 1 is 1.50 bits per heavy atom. The summed E-state index contributed by atoms with van der Waals surface area (Å²) in [6.07, 6.45) is 8.40. The van der Waals surface area contributed by atoms with E-state index in [2.05, 4.69) is 28.8 Å². The smallest absolute Gasteiger partial charge is 0.407 e. The second-order valence-electron chi connectivity index (χ2n) is 7.43. The Hall–Kier alpha value is -1.78. The maximum absolute atomic E-state index is 11.7. The molecule has 1 aromatic rings. The van der Waals surface area contributed by atoms with Crippen molar-refractivity contribution in [2.75, 3.05) is 6.54 Å². The molecule has 1 saturated carbocycles. The van der Waals surface area contributed by atoms with Crippen molar-refractivity contribution in [2.24, 2.45) is 18.9 Å². The first-order valence-electron chi connectivity index (χ1n) is 8.00. The van der Waals surface area contributed by atoms with Crippen molar-refractivity contribution in [3.63, 3.8) is 0 Å². The number of hydrogen-bond acceptors (Lipinski definition) is 3. The second-order valence-corrected chi connectivity index (χ2v) is 7.43. The van der Waals surface area contributed by atoms with Crippen molar-refractivity contribution in [2.45, 2.75) is 45.1 Å². The first-order chi connectivity index (χ1) is 10.3. The maximum atomic E-state index is 11.7. The van der Waals surface area contributed by atoms with Gasteiger partial charge in [0, 0.05) is 25.4 Å². The van der Waals surface area contributed by atoms with Crippen molar-refractivity contribution >= 4 is 12.2 Å². The predicted molar refractivity (Wildman–Crippen MR) is 85.4 cm³/mol. The van der Waals surface area contributed by atoms with Gasteiger partial charge in [-0.05, 0) is 57.4 Å². The van der Waals surface area contributed by atoms with Crippen LogP contribution in [0.5, 0.6) is 0 Å². The van der Waals surface area contributed by atoms with Gasteiger partial charge in [0.25, 0.3) is 0 Å². The van der Waals surface area contributed by atoms with Gasteiger partial charge < -0.3 is 10.1 Å². The third-order valence-corrected chi connectivity index (χ3v) is 4.35. The molecule has 0 radical (unpaired) electrons. The van der Waals surface area contributed by atoms with Crippen LogP contribution in [0.25, 0.3) is 6.08 Å². The van der Waals surface area contributed by atoms with Crippen LogP contribution in [0.3, 0.4) is 0 Å². The number of alkyl carbamates (subject to hydrolysis) is 1. The van der Waals surface area contributed by atoms with E-state index in [1.165, 1.54) is 12.0 Å². The Balaban J connectivity index is 1.53. The van der Waals surface area contributed by atoms with Crippen LogP contribution in [0.4, 0.5) is 4.79 Å². The van der Waals surface area contributed by atoms with Crippen LogP contribution < -0.4 is 5.32 Å². The Morgan fingerprint density at radius 2 is 2.27 bits per heavy atom. The topological polar surface area (TPSA) is 56.2 Å². The monoisotopic (exact) mass is 303 g/mol. The van der Waals surface area contributed by atoms with Crippen molar-refractivity contribution in [1.29, 1.82) is 0 Å². The molecule has 0 spiro atoms. The van der Waals surface area contributed by atoms with E-state index in [0.717, 1.165) is 12.1 Å². The van der Waals surface area contributed by atoms with Gasteiger partial charge >= 0.3 is 6.09 Å². The Bertz CT molecular complexity index is 598. The van der Waals surface area contributed by atoms with Gasteiger partial charge in [-0.25, -0.2) is 4.79 Å². The molecule has 2 aliphatic carbocycles. The Labute approximate surface area is 131 Å². The van der Waals surface area contributed by atoms with E-state index in [1.807, 2.05) is 32.5 Å². The molecule has 1 aromatic heterocycles. The van der Waals surface area contributed by atoms with Gasteiger partial charge in [0.15, 0.2) is 0 Å². The van der Waals surface area contributed by atoms with Crippen molar-refractivity contribution in [1.82, 2.24) is 15.1 Å². The molecule has 0 aromatic carbocycles. The number of amides is 1. The number of ether oxygens (including phenoxy) is 1. The summed E-state index contributed by atoms with van der Waals surface area (Å²) >= 11 is 0. The maximum Gasteiger partial charge on any atom is 0.407 e. The summed E-state index contributed by atoms with van der Waals surface area (Å²) in [6.45, 7) is 6.34. The summed E-state index contributed by atoms with van der Waals surface area (Å²) in [5.74, 6) is 1.74. The molecule has 1 fully saturated rings. The molecule has 1 amide bonds. The Kier molecular flexibility index (Phi) is 3.75. The molecule has 1 heterocycles. The first kappa shape index (κ1) is 15.1. The van der Waals surface area contributed by atoms with Crippen LogP contribution >= 0.6 is 0 Å². The van der Waals surface area contributed by atoms with Gasteiger partial charge in [-0.2, -0.15) is 5.10 Å². The fourth-order valence-electron chi connectivity index (χ4n) is 3.33. The molecule has 3 rings (SSSR count). The normalized spacial score (nSPS) is 26.5. The van der Waals surface area contributed by atoms with E-state index in [1.54, 1.807) is 0 Å². The molecule has 0 aliphatic heterocycles. The Morgan fingerprint density at radius 3 is 3.00 bits per heavy atom. The number of rotatable bonds is 3. The highest BCUT2D eigenvalue weighted by Gasteiger charge is 2.44. The molecule has 120 valence electrons. The van der Waals surface area contributed by atoms with Crippen molar-refractivity contribution in [3.8, 4) is 0 Å². The van der Waals surface area contributed by atoms with E-state index in [9.17, 15) is 4.79 Å². The third kappa shape index (κ3) is 3.34. The molecule has 0 saturated heterocycles. The third-order valence-electron chi connectivity index (χ3n) is 4.35. The number of carbonyl (C=O) groups is 1. The van der Waals surface area contributed by atoms with Gasteiger partial charge in [0.1, 0.15) is 5.60 Å². The zero-order chi connectivity index (χ0) is 15.9. The number of carbonyl (C=O) groups excluding carboxylic acids is 1. The molecule has 3 atom stereocenters. The van der Waals surface area contributed by atoms with E-state index in [-0.39, 0.29) is 6.09 Å². The summed E-state index contributed by atoms with van der Waals surface area (Å²) in [5, 5.41) is 7.39. The minimum Gasteiger partial charge on any atom is -0.444 e. The van der Waals surface area contributed by atoms with E-state index >= 15 is 0 Å². The summed E-state index contributed by atoms with van der Waals surface area (Å²) in [4.78, 5) is 11.7. The highest BCUT2D eigenvalue weighted by atomic mass is 16.6. The molecule has 0 bridgehead atoms. The number of fused-ring (bicyclic) bond motifs is 1. The minimum atomic E-state index is -0.439. The van der Waals surface area contributed by atoms with Crippen LogP contribution in [0, 0.1) is 11.8 Å². The van der Waals surface area contributed by atoms with E-state index in [0.29, 0.717) is 24.3 Å².